The highest BCUT2D eigenvalue weighted by atomic mass is 16.7. The summed E-state index contributed by atoms with van der Waals surface area (Å²) in [5.41, 5.74) is 2.93. The molecule has 1 aliphatic heterocycles. The Hall–Kier alpha value is -3.07. The smallest absolute Gasteiger partial charge is 0.217 e. The van der Waals surface area contributed by atoms with Crippen molar-refractivity contribution in [3.63, 3.8) is 0 Å². The van der Waals surface area contributed by atoms with Crippen LogP contribution in [0.2, 0.25) is 0 Å². The Balaban J connectivity index is 1.58. The lowest BCUT2D eigenvalue weighted by atomic mass is 9.96. The van der Waals surface area contributed by atoms with Crippen molar-refractivity contribution in [3.8, 4) is 0 Å². The van der Waals surface area contributed by atoms with Crippen LogP contribution in [0.4, 0.5) is 0 Å². The normalized spacial score (nSPS) is 23.8. The molecule has 2 N–H and O–H groups in total. The Morgan fingerprint density at radius 2 is 1.19 bits per heavy atom. The van der Waals surface area contributed by atoms with Gasteiger partial charge in [-0.15, -0.1) is 0 Å². The van der Waals surface area contributed by atoms with Gasteiger partial charge in [-0.3, -0.25) is 4.79 Å². The number of rotatable bonds is 11. The molecule has 0 bridgehead atoms. The van der Waals surface area contributed by atoms with Gasteiger partial charge in [0, 0.05) is 6.92 Å². The van der Waals surface area contributed by atoms with E-state index in [9.17, 15) is 9.90 Å². The van der Waals surface area contributed by atoms with E-state index in [2.05, 4.69) is 5.32 Å². The number of hydrogen-bond donors (Lipinski definition) is 2. The first-order valence-electron chi connectivity index (χ1n) is 12.1. The lowest BCUT2D eigenvalue weighted by Gasteiger charge is -2.45. The predicted molar refractivity (Wildman–Crippen MR) is 135 cm³/mol. The zero-order chi connectivity index (χ0) is 25.2. The van der Waals surface area contributed by atoms with Gasteiger partial charge in [0.05, 0.1) is 26.4 Å². The topological polar surface area (TPSA) is 86.3 Å². The largest absolute Gasteiger partial charge is 0.394 e. The highest BCUT2D eigenvalue weighted by molar-refractivity contribution is 5.73. The summed E-state index contributed by atoms with van der Waals surface area (Å²) < 4.78 is 25.0. The van der Waals surface area contributed by atoms with E-state index in [1.54, 1.807) is 0 Å². The molecule has 5 atom stereocenters. The molecule has 36 heavy (non-hydrogen) atoms. The van der Waals surface area contributed by atoms with Crippen LogP contribution in [0.3, 0.4) is 0 Å². The molecule has 7 heteroatoms. The molecule has 1 fully saturated rings. The molecule has 4 rings (SSSR count). The molecule has 7 nitrogen and oxygen atoms in total. The number of aliphatic hydroxyl groups excluding tert-OH is 1. The number of amides is 1. The molecule has 1 heterocycles. The predicted octanol–water partition coefficient (Wildman–Crippen LogP) is 3.60. The molecule has 0 spiro atoms. The number of carbonyl (C=O) groups is 1. The van der Waals surface area contributed by atoms with Crippen LogP contribution in [0.5, 0.6) is 0 Å². The minimum atomic E-state index is -0.844. The van der Waals surface area contributed by atoms with Crippen molar-refractivity contribution in [2.75, 3.05) is 6.61 Å². The lowest BCUT2D eigenvalue weighted by Crippen LogP contribution is -2.65. The summed E-state index contributed by atoms with van der Waals surface area (Å²) in [4.78, 5) is 12.2. The Morgan fingerprint density at radius 3 is 1.64 bits per heavy atom. The van der Waals surface area contributed by atoms with Crippen molar-refractivity contribution in [2.45, 2.75) is 57.4 Å². The average molecular weight is 492 g/mol. The molecule has 1 unspecified atom stereocenters. The van der Waals surface area contributed by atoms with Gasteiger partial charge in [0.2, 0.25) is 5.91 Å². The van der Waals surface area contributed by atoms with Crippen LogP contribution in [0.25, 0.3) is 0 Å². The van der Waals surface area contributed by atoms with Gasteiger partial charge in [0.1, 0.15) is 24.4 Å². The minimum Gasteiger partial charge on any atom is -0.394 e. The number of hydrogen-bond acceptors (Lipinski definition) is 6. The van der Waals surface area contributed by atoms with Crippen LogP contribution in [0, 0.1) is 0 Å². The molecule has 1 aliphatic rings. The van der Waals surface area contributed by atoms with E-state index in [1.807, 2.05) is 91.0 Å². The third-order valence-electron chi connectivity index (χ3n) is 6.02. The van der Waals surface area contributed by atoms with Gasteiger partial charge in [0.25, 0.3) is 0 Å². The first-order chi connectivity index (χ1) is 17.6. The molecule has 0 radical (unpaired) electrons. The monoisotopic (exact) mass is 491 g/mol. The Bertz CT molecular complexity index is 1050. The van der Waals surface area contributed by atoms with Gasteiger partial charge in [-0.2, -0.15) is 0 Å². The molecular weight excluding hydrogens is 458 g/mol. The summed E-state index contributed by atoms with van der Waals surface area (Å²) in [7, 11) is 0. The minimum absolute atomic E-state index is 0.241. The standard InChI is InChI=1S/C29H33NO6/c1-21(32)30-26-28(34-19-23-13-7-3-8-14-23)27(33-18-22-11-5-2-6-12-22)25(17-31)36-29(26)35-20-24-15-9-4-10-16-24/h2-16,25-29,31H,17-20H2,1H3,(H,30,32)/t25?,26-,27-,28+,29-/m0/s1. The molecule has 0 aromatic heterocycles. The fourth-order valence-electron chi connectivity index (χ4n) is 4.27. The Morgan fingerprint density at radius 1 is 0.750 bits per heavy atom. The lowest BCUT2D eigenvalue weighted by molar-refractivity contribution is -0.290. The number of ether oxygens (including phenoxy) is 4. The first kappa shape index (κ1) is 26.0. The summed E-state index contributed by atoms with van der Waals surface area (Å²) in [5.74, 6) is -0.241. The van der Waals surface area contributed by atoms with Crippen molar-refractivity contribution in [1.29, 1.82) is 0 Å². The Labute approximate surface area is 212 Å². The van der Waals surface area contributed by atoms with Gasteiger partial charge in [-0.1, -0.05) is 91.0 Å². The number of benzene rings is 3. The summed E-state index contributed by atoms with van der Waals surface area (Å²) >= 11 is 0. The van der Waals surface area contributed by atoms with Gasteiger partial charge in [-0.25, -0.2) is 0 Å². The molecule has 1 amide bonds. The first-order valence-corrected chi connectivity index (χ1v) is 12.1. The maximum absolute atomic E-state index is 12.2. The van der Waals surface area contributed by atoms with Crippen LogP contribution in [-0.4, -0.2) is 48.3 Å². The van der Waals surface area contributed by atoms with E-state index in [1.165, 1.54) is 6.92 Å². The second-order valence-electron chi connectivity index (χ2n) is 8.77. The summed E-state index contributed by atoms with van der Waals surface area (Å²) in [6, 6.07) is 28.6. The van der Waals surface area contributed by atoms with Crippen LogP contribution in [0.15, 0.2) is 91.0 Å². The van der Waals surface area contributed by atoms with E-state index in [4.69, 9.17) is 18.9 Å². The van der Waals surface area contributed by atoms with Crippen LogP contribution >= 0.6 is 0 Å². The van der Waals surface area contributed by atoms with E-state index in [0.29, 0.717) is 13.2 Å². The average Bonchev–Trinajstić information content (AvgIpc) is 2.92. The third-order valence-corrected chi connectivity index (χ3v) is 6.02. The molecule has 0 aliphatic carbocycles. The summed E-state index contributed by atoms with van der Waals surface area (Å²) in [6.07, 6.45) is -2.83. The molecule has 3 aromatic rings. The maximum Gasteiger partial charge on any atom is 0.217 e. The molecular formula is C29H33NO6. The van der Waals surface area contributed by atoms with Gasteiger partial charge >= 0.3 is 0 Å². The molecule has 190 valence electrons. The fraction of sp³-hybridized carbons (Fsp3) is 0.345. The van der Waals surface area contributed by atoms with Gasteiger partial charge in [-0.05, 0) is 16.7 Å². The number of aliphatic hydroxyl groups is 1. The van der Waals surface area contributed by atoms with Crippen LogP contribution < -0.4 is 5.32 Å². The molecule has 3 aromatic carbocycles. The SMILES string of the molecule is CC(=O)N[C@@H]1[C@@H](OCc2ccccc2)OC(CO)[C@H](OCc2ccccc2)[C@@H]1OCc1ccccc1. The van der Waals surface area contributed by atoms with Crippen molar-refractivity contribution >= 4 is 5.91 Å². The zero-order valence-electron chi connectivity index (χ0n) is 20.4. The van der Waals surface area contributed by atoms with E-state index in [-0.39, 0.29) is 19.1 Å². The van der Waals surface area contributed by atoms with E-state index < -0.39 is 30.6 Å². The van der Waals surface area contributed by atoms with Gasteiger partial charge in [0.15, 0.2) is 6.29 Å². The highest BCUT2D eigenvalue weighted by Gasteiger charge is 2.48. The van der Waals surface area contributed by atoms with Crippen molar-refractivity contribution in [1.82, 2.24) is 5.32 Å². The summed E-state index contributed by atoms with van der Waals surface area (Å²) in [6.45, 7) is 2.04. The quantitative estimate of drug-likeness (QED) is 0.426. The van der Waals surface area contributed by atoms with Gasteiger partial charge < -0.3 is 29.4 Å². The van der Waals surface area contributed by atoms with Crippen LogP contribution in [-0.2, 0) is 43.6 Å². The zero-order valence-corrected chi connectivity index (χ0v) is 20.4. The number of carbonyl (C=O) groups excluding carboxylic acids is 1. The van der Waals surface area contributed by atoms with Crippen molar-refractivity contribution in [3.05, 3.63) is 108 Å². The van der Waals surface area contributed by atoms with E-state index in [0.717, 1.165) is 16.7 Å². The second-order valence-corrected chi connectivity index (χ2v) is 8.77. The Kier molecular flexibility index (Phi) is 9.61. The third kappa shape index (κ3) is 7.22. The highest BCUT2D eigenvalue weighted by Crippen LogP contribution is 2.29. The maximum atomic E-state index is 12.2. The second kappa shape index (κ2) is 13.3. The van der Waals surface area contributed by atoms with Crippen LogP contribution in [0.1, 0.15) is 23.6 Å². The molecule has 1 saturated heterocycles. The fourth-order valence-corrected chi connectivity index (χ4v) is 4.27. The molecule has 0 saturated carbocycles. The van der Waals surface area contributed by atoms with Crippen molar-refractivity contribution < 1.29 is 28.8 Å². The number of nitrogens with one attached hydrogen (secondary N) is 1. The van der Waals surface area contributed by atoms with Crippen molar-refractivity contribution in [2.24, 2.45) is 0 Å². The van der Waals surface area contributed by atoms with E-state index >= 15 is 0 Å². The summed E-state index contributed by atoms with van der Waals surface area (Å²) in [5, 5.41) is 13.2.